The minimum absolute atomic E-state index is 0.546. The summed E-state index contributed by atoms with van der Waals surface area (Å²) in [4.78, 5) is 0. The minimum atomic E-state index is 0.546. The van der Waals surface area contributed by atoms with Gasteiger partial charge in [0.2, 0.25) is 0 Å². The minimum Gasteiger partial charge on any atom is -0.366 e. The lowest BCUT2D eigenvalue weighted by atomic mass is 10.4. The van der Waals surface area contributed by atoms with E-state index in [1.807, 2.05) is 54.9 Å². The zero-order valence-corrected chi connectivity index (χ0v) is 11.8. The van der Waals surface area contributed by atoms with E-state index >= 15 is 0 Å². The summed E-state index contributed by atoms with van der Waals surface area (Å²) in [5.74, 6) is 2.33. The van der Waals surface area contributed by atoms with Gasteiger partial charge in [-0.05, 0) is 0 Å². The van der Waals surface area contributed by atoms with Crippen molar-refractivity contribution >= 4 is 54.9 Å². The van der Waals surface area contributed by atoms with E-state index in [2.05, 4.69) is 0 Å². The van der Waals surface area contributed by atoms with Crippen LogP contribution in [-0.4, -0.2) is 45.1 Å². The maximum Gasteiger partial charge on any atom is 0.108 e. The van der Waals surface area contributed by atoms with Crippen molar-refractivity contribution in [1.29, 1.82) is 0 Å². The van der Waals surface area contributed by atoms with Crippen LogP contribution in [0.25, 0.3) is 0 Å². The molecule has 4 rings (SSSR count). The standard InChI is InChI=1S/C8H10O2S5/c1(3-5(9-3)7-12-13-7)11-2-4-6(10-4)8-14-15-8/h3-8H,1-2H2. The summed E-state index contributed by atoms with van der Waals surface area (Å²) < 4.78 is 12.8. The van der Waals surface area contributed by atoms with Crippen molar-refractivity contribution in [3.05, 3.63) is 0 Å². The molecule has 0 amide bonds. The SMILES string of the molecule is C(SCC1OC1C1SS1)C1OC1C1SS1. The van der Waals surface area contributed by atoms with Gasteiger partial charge < -0.3 is 9.47 Å². The van der Waals surface area contributed by atoms with Crippen LogP contribution in [0.4, 0.5) is 0 Å². The lowest BCUT2D eigenvalue weighted by Crippen LogP contribution is -2.05. The van der Waals surface area contributed by atoms with E-state index < -0.39 is 0 Å². The molecule has 2 nitrogen and oxygen atoms in total. The Balaban J connectivity index is 1.11. The number of rotatable bonds is 6. The Labute approximate surface area is 109 Å². The van der Waals surface area contributed by atoms with Crippen LogP contribution in [0.15, 0.2) is 0 Å². The Morgan fingerprint density at radius 3 is 1.67 bits per heavy atom. The van der Waals surface area contributed by atoms with Crippen molar-refractivity contribution in [3.63, 3.8) is 0 Å². The normalized spacial score (nSPS) is 48.0. The molecule has 4 unspecified atom stereocenters. The summed E-state index contributed by atoms with van der Waals surface area (Å²) in [7, 11) is 7.84. The second-order valence-corrected chi connectivity index (χ2v) is 10.7. The number of thioether (sulfide) groups is 1. The molecule has 0 aromatic rings. The van der Waals surface area contributed by atoms with Gasteiger partial charge in [0.05, 0.1) is 21.4 Å². The van der Waals surface area contributed by atoms with Crippen LogP contribution in [-0.2, 0) is 9.47 Å². The first-order valence-electron chi connectivity index (χ1n) is 4.95. The predicted octanol–water partition coefficient (Wildman–Crippen LogP) is 2.70. The van der Waals surface area contributed by atoms with E-state index in [1.54, 1.807) is 0 Å². The zero-order valence-electron chi connectivity index (χ0n) is 7.74. The van der Waals surface area contributed by atoms with E-state index in [0.29, 0.717) is 24.4 Å². The van der Waals surface area contributed by atoms with Crippen molar-refractivity contribution in [2.45, 2.75) is 33.6 Å². The smallest absolute Gasteiger partial charge is 0.108 e. The first-order chi connectivity index (χ1) is 7.42. The highest BCUT2D eigenvalue weighted by atomic mass is 33.2. The zero-order chi connectivity index (χ0) is 9.83. The summed E-state index contributed by atoms with van der Waals surface area (Å²) in [6, 6.07) is 0. The van der Waals surface area contributed by atoms with E-state index in [1.165, 1.54) is 11.5 Å². The third-order valence-electron chi connectivity index (χ3n) is 2.76. The number of epoxide rings is 2. The molecule has 0 spiro atoms. The molecule has 0 aromatic heterocycles. The van der Waals surface area contributed by atoms with Gasteiger partial charge in [0.25, 0.3) is 0 Å². The van der Waals surface area contributed by atoms with Crippen LogP contribution >= 0.6 is 54.9 Å². The van der Waals surface area contributed by atoms with Gasteiger partial charge in [0.1, 0.15) is 12.2 Å². The maximum atomic E-state index is 5.62. The van der Waals surface area contributed by atoms with Gasteiger partial charge in [-0.25, -0.2) is 0 Å². The van der Waals surface area contributed by atoms with Gasteiger partial charge in [0, 0.05) is 11.5 Å². The third kappa shape index (κ3) is 2.58. The fraction of sp³-hybridized carbons (Fsp3) is 1.00. The molecule has 0 saturated carbocycles. The summed E-state index contributed by atoms with van der Waals surface area (Å²) in [6.45, 7) is 0. The lowest BCUT2D eigenvalue weighted by molar-refractivity contribution is 0.388. The van der Waals surface area contributed by atoms with Gasteiger partial charge >= 0.3 is 0 Å². The largest absolute Gasteiger partial charge is 0.366 e. The molecular weight excluding hydrogens is 288 g/mol. The maximum absolute atomic E-state index is 5.62. The molecule has 7 heteroatoms. The second kappa shape index (κ2) is 4.10. The first-order valence-corrected chi connectivity index (χ1v) is 10.7. The van der Waals surface area contributed by atoms with Crippen LogP contribution in [0.2, 0.25) is 0 Å². The van der Waals surface area contributed by atoms with Crippen molar-refractivity contribution in [2.75, 3.05) is 11.5 Å². The van der Waals surface area contributed by atoms with Crippen LogP contribution in [0.3, 0.4) is 0 Å². The quantitative estimate of drug-likeness (QED) is 0.549. The molecule has 0 aliphatic carbocycles. The Morgan fingerprint density at radius 1 is 0.800 bits per heavy atom. The van der Waals surface area contributed by atoms with Crippen molar-refractivity contribution in [2.24, 2.45) is 0 Å². The third-order valence-corrected chi connectivity index (χ3v) is 8.28. The molecule has 15 heavy (non-hydrogen) atoms. The monoisotopic (exact) mass is 298 g/mol. The van der Waals surface area contributed by atoms with E-state index in [9.17, 15) is 0 Å². The lowest BCUT2D eigenvalue weighted by Gasteiger charge is -1.94. The molecule has 0 aromatic carbocycles. The predicted molar refractivity (Wildman–Crippen MR) is 72.6 cm³/mol. The van der Waals surface area contributed by atoms with Crippen molar-refractivity contribution in [1.82, 2.24) is 0 Å². The first kappa shape index (κ1) is 10.6. The number of hydrogen-bond acceptors (Lipinski definition) is 7. The fourth-order valence-electron chi connectivity index (χ4n) is 1.64. The van der Waals surface area contributed by atoms with Gasteiger partial charge in [0.15, 0.2) is 0 Å². The summed E-state index contributed by atoms with van der Waals surface area (Å²) in [5, 5.41) is 0. The average Bonchev–Trinajstić information content (AvgIpc) is 2.95. The van der Waals surface area contributed by atoms with Crippen LogP contribution in [0, 0.1) is 0 Å². The van der Waals surface area contributed by atoms with Gasteiger partial charge in [-0.2, -0.15) is 11.8 Å². The number of ether oxygens (including phenoxy) is 2. The summed E-state index contributed by atoms with van der Waals surface area (Å²) in [6.07, 6.45) is 2.23. The Hall–Kier alpha value is 1.67. The summed E-state index contributed by atoms with van der Waals surface area (Å²) in [5.41, 5.74) is 0. The molecule has 4 aliphatic heterocycles. The van der Waals surface area contributed by atoms with Crippen LogP contribution in [0.1, 0.15) is 0 Å². The van der Waals surface area contributed by atoms with Gasteiger partial charge in [-0.3, -0.25) is 0 Å². The molecule has 0 radical (unpaired) electrons. The second-order valence-electron chi connectivity index (χ2n) is 3.94. The molecule has 4 saturated heterocycles. The highest BCUT2D eigenvalue weighted by Crippen LogP contribution is 2.61. The molecule has 4 fully saturated rings. The molecule has 0 bridgehead atoms. The molecular formula is C8H10O2S5. The highest BCUT2D eigenvalue weighted by molar-refractivity contribution is 8.93. The molecule has 84 valence electrons. The Morgan fingerprint density at radius 2 is 1.27 bits per heavy atom. The molecule has 4 aliphatic rings. The topological polar surface area (TPSA) is 25.1 Å². The Kier molecular flexibility index (Phi) is 2.89. The van der Waals surface area contributed by atoms with Crippen LogP contribution in [0.5, 0.6) is 0 Å². The average molecular weight is 299 g/mol. The van der Waals surface area contributed by atoms with Crippen LogP contribution < -0.4 is 0 Å². The highest BCUT2D eigenvalue weighted by Gasteiger charge is 2.53. The Bertz CT molecular complexity index is 244. The molecule has 0 N–H and O–H groups in total. The summed E-state index contributed by atoms with van der Waals surface area (Å²) >= 11 is 2.01. The van der Waals surface area contributed by atoms with Crippen molar-refractivity contribution < 1.29 is 9.47 Å². The van der Waals surface area contributed by atoms with Gasteiger partial charge in [-0.1, -0.05) is 43.2 Å². The van der Waals surface area contributed by atoms with Gasteiger partial charge in [-0.15, -0.1) is 0 Å². The fourth-order valence-corrected chi connectivity index (χ4v) is 6.00. The molecule has 4 atom stereocenters. The molecule has 4 heterocycles. The van der Waals surface area contributed by atoms with E-state index in [-0.39, 0.29) is 0 Å². The van der Waals surface area contributed by atoms with E-state index in [4.69, 9.17) is 9.47 Å². The number of hydrogen-bond donors (Lipinski definition) is 0. The van der Waals surface area contributed by atoms with Crippen molar-refractivity contribution in [3.8, 4) is 0 Å². The van der Waals surface area contributed by atoms with E-state index in [0.717, 1.165) is 9.16 Å².